The van der Waals surface area contributed by atoms with E-state index in [9.17, 15) is 4.79 Å². The number of carbonyl (C=O) groups excluding carboxylic acids is 1. The molecule has 0 fully saturated rings. The Bertz CT molecular complexity index is 792. The summed E-state index contributed by atoms with van der Waals surface area (Å²) in [6.45, 7) is 3.48. The predicted molar refractivity (Wildman–Crippen MR) is 87.9 cm³/mol. The molecule has 0 saturated carbocycles. The summed E-state index contributed by atoms with van der Waals surface area (Å²) in [6, 6.07) is 13.7. The molecule has 0 aliphatic heterocycles. The Morgan fingerprint density at radius 2 is 2.14 bits per heavy atom. The molecule has 0 unspecified atom stereocenters. The fourth-order valence-electron chi connectivity index (χ4n) is 2.54. The fraction of sp³-hybridized carbons (Fsp3) is 0.222. The first-order chi connectivity index (χ1) is 10.7. The summed E-state index contributed by atoms with van der Waals surface area (Å²) in [5.41, 5.74) is 2.80. The molecule has 2 aromatic heterocycles. The Kier molecular flexibility index (Phi) is 4.19. The zero-order valence-electron chi connectivity index (χ0n) is 12.6. The lowest BCUT2D eigenvalue weighted by Gasteiger charge is -2.07. The van der Waals surface area contributed by atoms with Gasteiger partial charge in [-0.15, -0.1) is 0 Å². The number of nitrogens with zero attached hydrogens (tertiary/aromatic N) is 2. The second-order valence-electron chi connectivity index (χ2n) is 5.40. The molecule has 4 heteroatoms. The number of pyridine rings is 1. The Hall–Kier alpha value is -2.62. The fourth-order valence-corrected chi connectivity index (χ4v) is 2.54. The van der Waals surface area contributed by atoms with Crippen molar-refractivity contribution in [3.63, 3.8) is 0 Å². The average molecular weight is 293 g/mol. The molecular formula is C18H19N3O. The smallest absolute Gasteiger partial charge is 0.251 e. The number of benzene rings is 1. The normalized spacial score (nSPS) is 10.8. The molecule has 0 atom stereocenters. The molecule has 0 aliphatic carbocycles. The maximum Gasteiger partial charge on any atom is 0.251 e. The maximum absolute atomic E-state index is 12.0. The van der Waals surface area contributed by atoms with E-state index < -0.39 is 0 Å². The third-order valence-electron chi connectivity index (χ3n) is 3.66. The summed E-state index contributed by atoms with van der Waals surface area (Å²) in [7, 11) is 0. The van der Waals surface area contributed by atoms with Crippen LogP contribution in [0.5, 0.6) is 0 Å². The number of fused-ring (bicyclic) bond motifs is 1. The molecule has 3 rings (SSSR count). The van der Waals surface area contributed by atoms with E-state index in [-0.39, 0.29) is 5.91 Å². The van der Waals surface area contributed by atoms with E-state index in [1.54, 1.807) is 6.20 Å². The lowest BCUT2D eigenvalue weighted by Crippen LogP contribution is -2.25. The van der Waals surface area contributed by atoms with Crippen LogP contribution in [0.2, 0.25) is 0 Å². The van der Waals surface area contributed by atoms with Gasteiger partial charge in [-0.2, -0.15) is 0 Å². The first-order valence-corrected chi connectivity index (χ1v) is 7.49. The van der Waals surface area contributed by atoms with Gasteiger partial charge in [0.1, 0.15) is 5.65 Å². The van der Waals surface area contributed by atoms with Gasteiger partial charge in [0, 0.05) is 36.4 Å². The van der Waals surface area contributed by atoms with Gasteiger partial charge in [0.25, 0.3) is 5.91 Å². The van der Waals surface area contributed by atoms with Crippen LogP contribution in [0.3, 0.4) is 0 Å². The highest BCUT2D eigenvalue weighted by Gasteiger charge is 2.05. The number of rotatable bonds is 5. The second-order valence-corrected chi connectivity index (χ2v) is 5.40. The van der Waals surface area contributed by atoms with Crippen LogP contribution in [-0.4, -0.2) is 22.0 Å². The van der Waals surface area contributed by atoms with Crippen molar-refractivity contribution in [2.75, 3.05) is 6.54 Å². The van der Waals surface area contributed by atoms with E-state index in [0.717, 1.165) is 29.6 Å². The van der Waals surface area contributed by atoms with E-state index in [1.807, 2.05) is 43.5 Å². The SMILES string of the molecule is Cc1cccc(C(=O)NCCCn2ccc3cccnc32)c1. The third kappa shape index (κ3) is 3.17. The molecule has 0 aliphatic rings. The zero-order chi connectivity index (χ0) is 15.4. The number of aryl methyl sites for hydroxylation is 2. The van der Waals surface area contributed by atoms with Gasteiger partial charge in [0.05, 0.1) is 0 Å². The van der Waals surface area contributed by atoms with Crippen LogP contribution in [0, 0.1) is 6.92 Å². The molecule has 3 aromatic rings. The van der Waals surface area contributed by atoms with E-state index >= 15 is 0 Å². The molecule has 1 aromatic carbocycles. The highest BCUT2D eigenvalue weighted by atomic mass is 16.1. The first kappa shape index (κ1) is 14.3. The molecular weight excluding hydrogens is 274 g/mol. The molecule has 0 spiro atoms. The first-order valence-electron chi connectivity index (χ1n) is 7.49. The van der Waals surface area contributed by atoms with Crippen LogP contribution in [0.4, 0.5) is 0 Å². The predicted octanol–water partition coefficient (Wildman–Crippen LogP) is 3.16. The van der Waals surface area contributed by atoms with Crippen molar-refractivity contribution in [3.8, 4) is 0 Å². The number of aromatic nitrogens is 2. The topological polar surface area (TPSA) is 46.9 Å². The van der Waals surface area contributed by atoms with Crippen molar-refractivity contribution in [3.05, 3.63) is 66.0 Å². The molecule has 0 bridgehead atoms. The van der Waals surface area contributed by atoms with Crippen LogP contribution in [0.15, 0.2) is 54.9 Å². The number of carbonyl (C=O) groups is 1. The minimum absolute atomic E-state index is 0.0146. The third-order valence-corrected chi connectivity index (χ3v) is 3.66. The van der Waals surface area contributed by atoms with E-state index in [1.165, 1.54) is 0 Å². The summed E-state index contributed by atoms with van der Waals surface area (Å²) >= 11 is 0. The second kappa shape index (κ2) is 6.43. The van der Waals surface area contributed by atoms with Crippen LogP contribution < -0.4 is 5.32 Å². The molecule has 0 saturated heterocycles. The Labute approximate surface area is 129 Å². The van der Waals surface area contributed by atoms with Gasteiger partial charge in [-0.3, -0.25) is 4.79 Å². The van der Waals surface area contributed by atoms with Gasteiger partial charge in [-0.1, -0.05) is 17.7 Å². The Morgan fingerprint density at radius 1 is 1.23 bits per heavy atom. The average Bonchev–Trinajstić information content (AvgIpc) is 2.95. The molecule has 22 heavy (non-hydrogen) atoms. The van der Waals surface area contributed by atoms with Gasteiger partial charge in [-0.05, 0) is 43.7 Å². The van der Waals surface area contributed by atoms with Crippen LogP contribution in [0.25, 0.3) is 11.0 Å². The Balaban J connectivity index is 1.52. The summed E-state index contributed by atoms with van der Waals surface area (Å²) in [6.07, 6.45) is 4.72. The summed E-state index contributed by atoms with van der Waals surface area (Å²) in [5.74, 6) is -0.0146. The molecule has 0 radical (unpaired) electrons. The minimum Gasteiger partial charge on any atom is -0.352 e. The van der Waals surface area contributed by atoms with Gasteiger partial charge in [-0.25, -0.2) is 4.98 Å². The Morgan fingerprint density at radius 3 is 3.00 bits per heavy atom. The molecule has 2 heterocycles. The molecule has 4 nitrogen and oxygen atoms in total. The molecule has 112 valence electrons. The standard InChI is InChI=1S/C18H19N3O/c1-14-5-2-6-16(13-14)18(22)20-10-4-11-21-12-8-15-7-3-9-19-17(15)21/h2-3,5-9,12-13H,4,10-11H2,1H3,(H,20,22). The molecule has 1 N–H and O–H groups in total. The lowest BCUT2D eigenvalue weighted by molar-refractivity contribution is 0.0952. The number of nitrogens with one attached hydrogen (secondary N) is 1. The largest absolute Gasteiger partial charge is 0.352 e. The van der Waals surface area contributed by atoms with Crippen LogP contribution >= 0.6 is 0 Å². The summed E-state index contributed by atoms with van der Waals surface area (Å²) in [5, 5.41) is 4.11. The zero-order valence-corrected chi connectivity index (χ0v) is 12.6. The highest BCUT2D eigenvalue weighted by Crippen LogP contribution is 2.12. The van der Waals surface area contributed by atoms with Crippen molar-refractivity contribution in [2.24, 2.45) is 0 Å². The van der Waals surface area contributed by atoms with Gasteiger partial charge < -0.3 is 9.88 Å². The number of hydrogen-bond donors (Lipinski definition) is 1. The van der Waals surface area contributed by atoms with Crippen molar-refractivity contribution in [1.29, 1.82) is 0 Å². The van der Waals surface area contributed by atoms with Crippen LogP contribution in [-0.2, 0) is 6.54 Å². The maximum atomic E-state index is 12.0. The summed E-state index contributed by atoms with van der Waals surface area (Å²) < 4.78 is 2.12. The molecule has 1 amide bonds. The summed E-state index contributed by atoms with van der Waals surface area (Å²) in [4.78, 5) is 16.4. The van der Waals surface area contributed by atoms with Crippen molar-refractivity contribution < 1.29 is 4.79 Å². The lowest BCUT2D eigenvalue weighted by atomic mass is 10.1. The van der Waals surface area contributed by atoms with E-state index in [4.69, 9.17) is 0 Å². The van der Waals surface area contributed by atoms with Crippen molar-refractivity contribution in [1.82, 2.24) is 14.9 Å². The number of hydrogen-bond acceptors (Lipinski definition) is 2. The highest BCUT2D eigenvalue weighted by molar-refractivity contribution is 5.94. The monoisotopic (exact) mass is 293 g/mol. The minimum atomic E-state index is -0.0146. The van der Waals surface area contributed by atoms with Gasteiger partial charge in [0.2, 0.25) is 0 Å². The van der Waals surface area contributed by atoms with Gasteiger partial charge >= 0.3 is 0 Å². The van der Waals surface area contributed by atoms with Gasteiger partial charge in [0.15, 0.2) is 0 Å². The van der Waals surface area contributed by atoms with E-state index in [2.05, 4.69) is 27.0 Å². The van der Waals surface area contributed by atoms with Crippen molar-refractivity contribution in [2.45, 2.75) is 19.9 Å². The van der Waals surface area contributed by atoms with E-state index in [0.29, 0.717) is 12.1 Å². The van der Waals surface area contributed by atoms with Crippen molar-refractivity contribution >= 4 is 16.9 Å². The number of amides is 1. The van der Waals surface area contributed by atoms with Crippen LogP contribution in [0.1, 0.15) is 22.3 Å². The quantitative estimate of drug-likeness (QED) is 0.734.